The minimum atomic E-state index is -0.124. The number of nitrogens with zero attached hydrogens (tertiary/aromatic N) is 2. The number of hydrogen-bond acceptors (Lipinski definition) is 5. The van der Waals surface area contributed by atoms with E-state index in [2.05, 4.69) is 15.7 Å². The molecule has 0 saturated heterocycles. The number of carbonyl (C=O) groups excluding carboxylic acids is 1. The molecule has 0 bridgehead atoms. The minimum Gasteiger partial charge on any atom is -0.454 e. The van der Waals surface area contributed by atoms with Crippen molar-refractivity contribution in [2.75, 3.05) is 13.3 Å². The normalized spacial score (nSPS) is 17.5. The Hall–Kier alpha value is -3.32. The van der Waals surface area contributed by atoms with Gasteiger partial charge >= 0.3 is 0 Å². The molecule has 1 aromatic heterocycles. The van der Waals surface area contributed by atoms with Crippen LogP contribution in [-0.4, -0.2) is 29.0 Å². The Morgan fingerprint density at radius 1 is 1.11 bits per heavy atom. The molecule has 27 heavy (non-hydrogen) atoms. The minimum absolute atomic E-state index is 0.106. The molecule has 2 aromatic carbocycles. The number of benzene rings is 2. The van der Waals surface area contributed by atoms with Gasteiger partial charge in [-0.25, -0.2) is 4.68 Å². The van der Waals surface area contributed by atoms with E-state index in [0.717, 1.165) is 28.3 Å². The number of rotatable bonds is 4. The molecule has 7 heteroatoms. The maximum atomic E-state index is 12.2. The van der Waals surface area contributed by atoms with E-state index < -0.39 is 0 Å². The Morgan fingerprint density at radius 2 is 1.96 bits per heavy atom. The van der Waals surface area contributed by atoms with Gasteiger partial charge in [0, 0.05) is 12.1 Å². The molecule has 136 valence electrons. The van der Waals surface area contributed by atoms with Gasteiger partial charge in [-0.15, -0.1) is 0 Å². The van der Waals surface area contributed by atoms with Crippen LogP contribution in [0.25, 0.3) is 11.3 Å². The van der Waals surface area contributed by atoms with Crippen molar-refractivity contribution in [1.82, 2.24) is 20.4 Å². The number of carbonyl (C=O) groups is 1. The van der Waals surface area contributed by atoms with Crippen LogP contribution in [0.15, 0.2) is 54.6 Å². The topological polar surface area (TPSA) is 77.4 Å². The third kappa shape index (κ3) is 2.92. The highest BCUT2D eigenvalue weighted by Crippen LogP contribution is 2.32. The van der Waals surface area contributed by atoms with E-state index in [4.69, 9.17) is 9.47 Å². The highest BCUT2D eigenvalue weighted by Gasteiger charge is 2.27. The van der Waals surface area contributed by atoms with Gasteiger partial charge in [0.2, 0.25) is 6.79 Å². The molecule has 2 N–H and O–H groups in total. The number of hydrogen-bond donors (Lipinski definition) is 2. The summed E-state index contributed by atoms with van der Waals surface area (Å²) in [7, 11) is 0. The van der Waals surface area contributed by atoms with Gasteiger partial charge in [0.05, 0.1) is 12.2 Å². The first-order valence-electron chi connectivity index (χ1n) is 8.83. The Morgan fingerprint density at radius 3 is 2.85 bits per heavy atom. The predicted octanol–water partition coefficient (Wildman–Crippen LogP) is 2.31. The summed E-state index contributed by atoms with van der Waals surface area (Å²) < 4.78 is 12.5. The lowest BCUT2D eigenvalue weighted by Gasteiger charge is -2.25. The Kier molecular flexibility index (Phi) is 3.79. The average molecular weight is 362 g/mol. The molecule has 3 aromatic rings. The molecule has 0 radical (unpaired) electrons. The molecule has 1 amide bonds. The van der Waals surface area contributed by atoms with Gasteiger partial charge in [-0.1, -0.05) is 36.4 Å². The van der Waals surface area contributed by atoms with Crippen LogP contribution in [0.2, 0.25) is 0 Å². The van der Waals surface area contributed by atoms with Crippen molar-refractivity contribution in [1.29, 1.82) is 0 Å². The second kappa shape index (κ2) is 6.44. The van der Waals surface area contributed by atoms with Crippen LogP contribution in [0.1, 0.15) is 22.2 Å². The smallest absolute Gasteiger partial charge is 0.269 e. The Labute approximate surface area is 155 Å². The van der Waals surface area contributed by atoms with Gasteiger partial charge < -0.3 is 14.8 Å². The number of ether oxygens (including phenoxy) is 2. The van der Waals surface area contributed by atoms with Gasteiger partial charge in [0.15, 0.2) is 11.5 Å². The van der Waals surface area contributed by atoms with Crippen LogP contribution in [0, 0.1) is 0 Å². The largest absolute Gasteiger partial charge is 0.454 e. The van der Waals surface area contributed by atoms with E-state index in [0.29, 0.717) is 18.8 Å². The zero-order valence-corrected chi connectivity index (χ0v) is 14.5. The quantitative estimate of drug-likeness (QED) is 0.745. The molecule has 0 saturated carbocycles. The van der Waals surface area contributed by atoms with E-state index >= 15 is 0 Å². The summed E-state index contributed by atoms with van der Waals surface area (Å²) in [5.74, 6) is 1.42. The fourth-order valence-electron chi connectivity index (χ4n) is 3.36. The maximum Gasteiger partial charge on any atom is 0.269 e. The third-order valence-electron chi connectivity index (χ3n) is 4.77. The van der Waals surface area contributed by atoms with Crippen LogP contribution >= 0.6 is 0 Å². The summed E-state index contributed by atoms with van der Waals surface area (Å²) in [4.78, 5) is 12.2. The van der Waals surface area contributed by atoms with Crippen LogP contribution in [-0.2, 0) is 6.54 Å². The zero-order valence-electron chi connectivity index (χ0n) is 14.5. The first-order valence-corrected chi connectivity index (χ1v) is 8.83. The van der Waals surface area contributed by atoms with Crippen molar-refractivity contribution in [3.05, 3.63) is 65.9 Å². The van der Waals surface area contributed by atoms with Crippen molar-refractivity contribution in [3.8, 4) is 22.8 Å². The molecular weight excluding hydrogens is 344 g/mol. The van der Waals surface area contributed by atoms with E-state index in [1.165, 1.54) is 0 Å². The predicted molar refractivity (Wildman–Crippen MR) is 98.4 cm³/mol. The van der Waals surface area contributed by atoms with Crippen LogP contribution in [0.5, 0.6) is 11.5 Å². The second-order valence-electron chi connectivity index (χ2n) is 6.52. The molecule has 0 spiro atoms. The van der Waals surface area contributed by atoms with Crippen molar-refractivity contribution >= 4 is 5.91 Å². The third-order valence-corrected chi connectivity index (χ3v) is 4.77. The highest BCUT2D eigenvalue weighted by atomic mass is 16.7. The van der Waals surface area contributed by atoms with Crippen molar-refractivity contribution in [2.24, 2.45) is 0 Å². The van der Waals surface area contributed by atoms with E-state index in [1.54, 1.807) is 4.68 Å². The lowest BCUT2D eigenvalue weighted by Crippen LogP contribution is -2.45. The summed E-state index contributed by atoms with van der Waals surface area (Å²) in [5.41, 5.74) is 3.41. The van der Waals surface area contributed by atoms with Gasteiger partial charge in [-0.2, -0.15) is 5.10 Å². The molecule has 2 aliphatic heterocycles. The fraction of sp³-hybridized carbons (Fsp3) is 0.200. The number of amides is 1. The van der Waals surface area contributed by atoms with Crippen LogP contribution < -0.4 is 20.1 Å². The molecule has 2 aliphatic rings. The average Bonchev–Trinajstić information content (AvgIpc) is 3.35. The SMILES string of the molecule is O=C1NC[C@H](NCc2ccc3c(c2)OCO3)n2nc(-c3ccccc3)cc21. The molecule has 3 heterocycles. The lowest BCUT2D eigenvalue weighted by molar-refractivity contribution is 0.0900. The zero-order chi connectivity index (χ0) is 18.2. The Balaban J connectivity index is 1.38. The molecule has 0 unspecified atom stereocenters. The summed E-state index contributed by atoms with van der Waals surface area (Å²) in [6.45, 7) is 1.36. The second-order valence-corrected chi connectivity index (χ2v) is 6.52. The Bertz CT molecular complexity index is 1000. The van der Waals surface area contributed by atoms with Crippen molar-refractivity contribution < 1.29 is 14.3 Å². The molecule has 1 atom stereocenters. The number of aromatic nitrogens is 2. The van der Waals surface area contributed by atoms with Crippen LogP contribution in [0.4, 0.5) is 0 Å². The summed E-state index contributed by atoms with van der Waals surface area (Å²) in [6, 6.07) is 17.6. The molecular formula is C20H18N4O3. The molecule has 5 rings (SSSR count). The van der Waals surface area contributed by atoms with Crippen molar-refractivity contribution in [3.63, 3.8) is 0 Å². The van der Waals surface area contributed by atoms with Gasteiger partial charge in [0.1, 0.15) is 11.9 Å². The standard InChI is InChI=1S/C20H18N4O3/c25-20-16-9-15(14-4-2-1-3-5-14)23-24(16)19(11-22-20)21-10-13-6-7-17-18(8-13)27-12-26-17/h1-9,19,21H,10-12H2,(H,22,25)/t19-/m1/s1. The van der Waals surface area contributed by atoms with E-state index in [-0.39, 0.29) is 18.9 Å². The van der Waals surface area contributed by atoms with Crippen LogP contribution in [0.3, 0.4) is 0 Å². The van der Waals surface area contributed by atoms with Crippen molar-refractivity contribution in [2.45, 2.75) is 12.7 Å². The first kappa shape index (κ1) is 15.9. The monoisotopic (exact) mass is 362 g/mol. The van der Waals surface area contributed by atoms with Gasteiger partial charge in [-0.3, -0.25) is 10.1 Å². The van der Waals surface area contributed by atoms with E-state index in [9.17, 15) is 4.79 Å². The lowest BCUT2D eigenvalue weighted by atomic mass is 10.1. The van der Waals surface area contributed by atoms with E-state index in [1.807, 2.05) is 54.6 Å². The number of fused-ring (bicyclic) bond motifs is 2. The fourth-order valence-corrected chi connectivity index (χ4v) is 3.36. The molecule has 0 fully saturated rings. The molecule has 0 aliphatic carbocycles. The number of nitrogens with one attached hydrogen (secondary N) is 2. The van der Waals surface area contributed by atoms with Gasteiger partial charge in [0.25, 0.3) is 5.91 Å². The highest BCUT2D eigenvalue weighted by molar-refractivity contribution is 5.94. The van der Waals surface area contributed by atoms with Gasteiger partial charge in [-0.05, 0) is 23.8 Å². The summed E-state index contributed by atoms with van der Waals surface area (Å²) in [5, 5.41) is 11.1. The first-order chi connectivity index (χ1) is 13.3. The summed E-state index contributed by atoms with van der Waals surface area (Å²) in [6.07, 6.45) is -0.124. The summed E-state index contributed by atoms with van der Waals surface area (Å²) >= 11 is 0. The molecule has 7 nitrogen and oxygen atoms in total. The maximum absolute atomic E-state index is 12.2.